The molecule has 0 unspecified atom stereocenters. The van der Waals surface area contributed by atoms with Gasteiger partial charge in [-0.15, -0.1) is 0 Å². The minimum atomic E-state index is -0.476. The van der Waals surface area contributed by atoms with Crippen LogP contribution in [0, 0.1) is 12.8 Å². The van der Waals surface area contributed by atoms with Crippen molar-refractivity contribution < 1.29 is 19.1 Å². The molecule has 0 fully saturated rings. The smallest absolute Gasteiger partial charge is 0.407 e. The van der Waals surface area contributed by atoms with Crippen LogP contribution in [0.25, 0.3) is 22.0 Å². The minimum absolute atomic E-state index is 0.0393. The molecule has 0 saturated heterocycles. The van der Waals surface area contributed by atoms with Crippen molar-refractivity contribution in [2.75, 3.05) is 6.61 Å². The van der Waals surface area contributed by atoms with Gasteiger partial charge in [-0.1, -0.05) is 43.7 Å². The topological polar surface area (TPSA) is 89.6 Å². The van der Waals surface area contributed by atoms with Crippen molar-refractivity contribution in [2.24, 2.45) is 5.92 Å². The number of aromatic nitrogens is 1. The summed E-state index contributed by atoms with van der Waals surface area (Å²) < 4.78 is 11.6. The maximum Gasteiger partial charge on any atom is 0.407 e. The SMILES string of the molecule is Cc1ccc(-c2c(COC(=O)NC(C)(C)C)c(CC(C)C)nc3ccc(OCC(=O)NC(C)C)cc23)cc1. The van der Waals surface area contributed by atoms with Crippen molar-refractivity contribution >= 4 is 22.9 Å². The molecule has 2 aromatic carbocycles. The van der Waals surface area contributed by atoms with Crippen LogP contribution in [0.15, 0.2) is 42.5 Å². The van der Waals surface area contributed by atoms with Crippen molar-refractivity contribution in [1.29, 1.82) is 0 Å². The number of carbonyl (C=O) groups excluding carboxylic acids is 2. The normalized spacial score (nSPS) is 11.6. The highest BCUT2D eigenvalue weighted by molar-refractivity contribution is 5.97. The number of hydrogen-bond acceptors (Lipinski definition) is 5. The van der Waals surface area contributed by atoms with Gasteiger partial charge < -0.3 is 20.1 Å². The second kappa shape index (κ2) is 12.3. The van der Waals surface area contributed by atoms with Crippen LogP contribution >= 0.6 is 0 Å². The van der Waals surface area contributed by atoms with E-state index in [0.29, 0.717) is 11.7 Å². The standard InChI is InChI=1S/C31H41N3O4/c1-19(2)15-27-25(17-38-30(36)34-31(6,7)8)29(22-11-9-21(5)10-12-22)24-16-23(13-14-26(24)33-27)37-18-28(35)32-20(3)4/h9-14,16,19-20H,15,17-18H2,1-8H3,(H,32,35)(H,34,36). The second-order valence-corrected chi connectivity index (χ2v) is 11.5. The van der Waals surface area contributed by atoms with Crippen molar-refractivity contribution in [3.05, 3.63) is 59.3 Å². The molecule has 0 aliphatic heterocycles. The van der Waals surface area contributed by atoms with E-state index >= 15 is 0 Å². The molecule has 3 rings (SSSR count). The first-order chi connectivity index (χ1) is 17.8. The van der Waals surface area contributed by atoms with Crippen molar-refractivity contribution in [3.63, 3.8) is 0 Å². The maximum atomic E-state index is 12.6. The van der Waals surface area contributed by atoms with Gasteiger partial charge in [0.1, 0.15) is 12.4 Å². The molecule has 2 amide bonds. The molecule has 2 N–H and O–H groups in total. The van der Waals surface area contributed by atoms with Gasteiger partial charge in [-0.2, -0.15) is 0 Å². The molecule has 1 aromatic heterocycles. The molecule has 0 atom stereocenters. The third-order valence-corrected chi connectivity index (χ3v) is 5.73. The Balaban J connectivity index is 2.13. The Kier molecular flexibility index (Phi) is 9.36. The summed E-state index contributed by atoms with van der Waals surface area (Å²) in [6.07, 6.45) is 0.262. The molecule has 3 aromatic rings. The third-order valence-electron chi connectivity index (χ3n) is 5.73. The number of ether oxygens (including phenoxy) is 2. The highest BCUT2D eigenvalue weighted by Gasteiger charge is 2.21. The number of pyridine rings is 1. The molecule has 7 nitrogen and oxygen atoms in total. The molecule has 0 spiro atoms. The Labute approximate surface area is 226 Å². The van der Waals surface area contributed by atoms with Crippen LogP contribution in [0.1, 0.15) is 65.3 Å². The fourth-order valence-electron chi connectivity index (χ4n) is 4.18. The van der Waals surface area contributed by atoms with E-state index in [4.69, 9.17) is 14.5 Å². The van der Waals surface area contributed by atoms with Crippen LogP contribution in [0.4, 0.5) is 4.79 Å². The fraction of sp³-hybridized carbons (Fsp3) is 0.452. The predicted octanol–water partition coefficient (Wildman–Crippen LogP) is 6.34. The Morgan fingerprint density at radius 1 is 1.00 bits per heavy atom. The Morgan fingerprint density at radius 2 is 1.68 bits per heavy atom. The summed E-state index contributed by atoms with van der Waals surface area (Å²) in [5, 5.41) is 6.58. The number of hydrogen-bond donors (Lipinski definition) is 2. The van der Waals surface area contributed by atoms with Gasteiger partial charge in [-0.25, -0.2) is 4.79 Å². The van der Waals surface area contributed by atoms with E-state index in [0.717, 1.165) is 45.3 Å². The number of nitrogens with one attached hydrogen (secondary N) is 2. The number of fused-ring (bicyclic) bond motifs is 1. The van der Waals surface area contributed by atoms with Crippen LogP contribution in [-0.4, -0.2) is 35.2 Å². The zero-order valence-electron chi connectivity index (χ0n) is 23.9. The summed E-state index contributed by atoms with van der Waals surface area (Å²) in [5.41, 5.74) is 5.28. The molecule has 7 heteroatoms. The van der Waals surface area contributed by atoms with E-state index in [9.17, 15) is 9.59 Å². The number of benzene rings is 2. The monoisotopic (exact) mass is 519 g/mol. The Bertz CT molecular complexity index is 1280. The van der Waals surface area contributed by atoms with Gasteiger partial charge in [-0.05, 0) is 83.2 Å². The number of amides is 2. The summed E-state index contributed by atoms with van der Waals surface area (Å²) in [7, 11) is 0. The van der Waals surface area contributed by atoms with Gasteiger partial charge in [0.05, 0.1) is 5.52 Å². The number of rotatable bonds is 9. The van der Waals surface area contributed by atoms with Crippen LogP contribution in [0.5, 0.6) is 5.75 Å². The van der Waals surface area contributed by atoms with E-state index in [1.54, 1.807) is 0 Å². The first kappa shape index (κ1) is 29.0. The van der Waals surface area contributed by atoms with E-state index in [1.807, 2.05) is 59.7 Å². The molecule has 204 valence electrons. The zero-order valence-corrected chi connectivity index (χ0v) is 23.9. The van der Waals surface area contributed by atoms with Crippen LogP contribution in [0.2, 0.25) is 0 Å². The lowest BCUT2D eigenvalue weighted by atomic mass is 9.91. The largest absolute Gasteiger partial charge is 0.484 e. The fourth-order valence-corrected chi connectivity index (χ4v) is 4.18. The van der Waals surface area contributed by atoms with Crippen LogP contribution in [-0.2, 0) is 22.6 Å². The van der Waals surface area contributed by atoms with E-state index in [1.165, 1.54) is 0 Å². The number of carbonyl (C=O) groups is 2. The summed E-state index contributed by atoms with van der Waals surface area (Å²) in [6, 6.07) is 14.0. The molecular formula is C31H41N3O4. The first-order valence-electron chi connectivity index (χ1n) is 13.2. The van der Waals surface area contributed by atoms with E-state index in [2.05, 4.69) is 48.7 Å². The maximum absolute atomic E-state index is 12.6. The lowest BCUT2D eigenvalue weighted by Crippen LogP contribution is -2.40. The third kappa shape index (κ3) is 8.20. The molecular weight excluding hydrogens is 478 g/mol. The lowest BCUT2D eigenvalue weighted by Gasteiger charge is -2.22. The van der Waals surface area contributed by atoms with Gasteiger partial charge in [0.15, 0.2) is 6.61 Å². The quantitative estimate of drug-likeness (QED) is 0.344. The van der Waals surface area contributed by atoms with E-state index in [-0.39, 0.29) is 25.2 Å². The molecule has 1 heterocycles. The summed E-state index contributed by atoms with van der Waals surface area (Å²) in [6.45, 7) is 15.9. The highest BCUT2D eigenvalue weighted by Crippen LogP contribution is 2.36. The average Bonchev–Trinajstić information content (AvgIpc) is 2.80. The molecule has 0 radical (unpaired) electrons. The van der Waals surface area contributed by atoms with Gasteiger partial charge in [0.25, 0.3) is 5.91 Å². The molecule has 0 aliphatic carbocycles. The van der Waals surface area contributed by atoms with Gasteiger partial charge in [0, 0.05) is 28.2 Å². The molecule has 0 bridgehead atoms. The number of nitrogens with zero attached hydrogens (tertiary/aromatic N) is 1. The Morgan fingerprint density at radius 3 is 2.29 bits per heavy atom. The summed E-state index contributed by atoms with van der Waals surface area (Å²) in [4.78, 5) is 29.7. The predicted molar refractivity (Wildman–Crippen MR) is 152 cm³/mol. The summed E-state index contributed by atoms with van der Waals surface area (Å²) >= 11 is 0. The van der Waals surface area contributed by atoms with Crippen molar-refractivity contribution in [3.8, 4) is 16.9 Å². The van der Waals surface area contributed by atoms with Crippen molar-refractivity contribution in [1.82, 2.24) is 15.6 Å². The molecule has 0 aliphatic rings. The van der Waals surface area contributed by atoms with Gasteiger partial charge in [-0.3, -0.25) is 9.78 Å². The van der Waals surface area contributed by atoms with E-state index < -0.39 is 11.6 Å². The highest BCUT2D eigenvalue weighted by atomic mass is 16.5. The first-order valence-corrected chi connectivity index (χ1v) is 13.2. The average molecular weight is 520 g/mol. The number of aryl methyl sites for hydroxylation is 1. The van der Waals surface area contributed by atoms with Gasteiger partial charge in [0.2, 0.25) is 0 Å². The number of alkyl carbamates (subject to hydrolysis) is 1. The Hall–Kier alpha value is -3.61. The molecule has 0 saturated carbocycles. The second-order valence-electron chi connectivity index (χ2n) is 11.5. The minimum Gasteiger partial charge on any atom is -0.484 e. The summed E-state index contributed by atoms with van der Waals surface area (Å²) in [5.74, 6) is 0.749. The molecule has 38 heavy (non-hydrogen) atoms. The lowest BCUT2D eigenvalue weighted by molar-refractivity contribution is -0.123. The zero-order chi connectivity index (χ0) is 28.0. The van der Waals surface area contributed by atoms with Crippen molar-refractivity contribution in [2.45, 2.75) is 80.0 Å². The van der Waals surface area contributed by atoms with Gasteiger partial charge >= 0.3 is 6.09 Å². The van der Waals surface area contributed by atoms with Crippen LogP contribution < -0.4 is 15.4 Å². The van der Waals surface area contributed by atoms with Crippen LogP contribution in [0.3, 0.4) is 0 Å².